The molecule has 0 spiro atoms. The first-order chi connectivity index (χ1) is 13.7. The van der Waals surface area contributed by atoms with Crippen molar-refractivity contribution in [3.8, 4) is 0 Å². The van der Waals surface area contributed by atoms with Crippen molar-refractivity contribution in [1.82, 2.24) is 35.2 Å². The molecule has 0 unspecified atom stereocenters. The van der Waals surface area contributed by atoms with Gasteiger partial charge in [-0.3, -0.25) is 0 Å². The van der Waals surface area contributed by atoms with E-state index in [9.17, 15) is 0 Å². The average Bonchev–Trinajstić information content (AvgIpc) is 3.34. The lowest BCUT2D eigenvalue weighted by Gasteiger charge is -2.07. The summed E-state index contributed by atoms with van der Waals surface area (Å²) in [5.41, 5.74) is 6.63. The van der Waals surface area contributed by atoms with Crippen LogP contribution in [0.2, 0.25) is 5.02 Å². The van der Waals surface area contributed by atoms with Crippen LogP contribution in [0.5, 0.6) is 0 Å². The predicted octanol–water partition coefficient (Wildman–Crippen LogP) is 3.24. The molecule has 0 bridgehead atoms. The van der Waals surface area contributed by atoms with Crippen molar-refractivity contribution in [2.45, 2.75) is 17.5 Å². The van der Waals surface area contributed by atoms with Gasteiger partial charge in [0.05, 0.1) is 12.3 Å². The van der Waals surface area contributed by atoms with Gasteiger partial charge in [0, 0.05) is 15.6 Å². The summed E-state index contributed by atoms with van der Waals surface area (Å²) >= 11 is 8.99. The number of nitrogens with zero attached hydrogens (tertiary/aromatic N) is 7. The summed E-state index contributed by atoms with van der Waals surface area (Å²) in [4.78, 5) is 13.9. The van der Waals surface area contributed by atoms with Gasteiger partial charge < -0.3 is 11.1 Å². The minimum absolute atomic E-state index is 0.139. The molecule has 3 heterocycles. The molecule has 0 aliphatic carbocycles. The molecule has 28 heavy (non-hydrogen) atoms. The molecule has 0 aliphatic rings. The first-order valence-electron chi connectivity index (χ1n) is 8.10. The maximum absolute atomic E-state index is 5.90. The van der Waals surface area contributed by atoms with Gasteiger partial charge in [0.1, 0.15) is 5.82 Å². The fraction of sp³-hybridized carbons (Fsp3) is 0.125. The van der Waals surface area contributed by atoms with Gasteiger partial charge in [-0.15, -0.1) is 16.4 Å². The molecule has 9 nitrogen and oxygen atoms in total. The van der Waals surface area contributed by atoms with Crippen LogP contribution in [0.3, 0.4) is 0 Å². The van der Waals surface area contributed by atoms with Gasteiger partial charge in [-0.25, -0.2) is 4.68 Å². The van der Waals surface area contributed by atoms with E-state index in [0.29, 0.717) is 34.2 Å². The highest BCUT2D eigenvalue weighted by Crippen LogP contribution is 2.22. The van der Waals surface area contributed by atoms with Crippen molar-refractivity contribution < 1.29 is 0 Å². The van der Waals surface area contributed by atoms with E-state index in [1.807, 2.05) is 29.6 Å². The number of halogens is 1. The quantitative estimate of drug-likeness (QED) is 0.424. The number of aromatic nitrogens is 7. The smallest absolute Gasteiger partial charge is 0.232 e. The number of tetrazole rings is 1. The SMILES string of the molecule is Nc1nc(CSc2nnnn2Cc2cccs2)nc(Nc2ccc(Cl)cc2)n1. The number of hydrogen-bond donors (Lipinski definition) is 2. The number of thiophene rings is 1. The van der Waals surface area contributed by atoms with E-state index in [1.54, 1.807) is 28.2 Å². The Morgan fingerprint density at radius 1 is 1.14 bits per heavy atom. The van der Waals surface area contributed by atoms with Crippen LogP contribution in [-0.4, -0.2) is 35.2 Å². The Hall–Kier alpha value is -2.76. The lowest BCUT2D eigenvalue weighted by Crippen LogP contribution is -2.07. The molecule has 4 aromatic rings. The minimum atomic E-state index is 0.139. The standard InChI is InChI=1S/C16H14ClN9S2/c17-10-3-5-11(6-4-10)19-15-21-13(20-14(18)22-15)9-28-16-23-24-25-26(16)8-12-2-1-7-27-12/h1-7H,8-9H2,(H3,18,19,20,21,22). The molecule has 0 fully saturated rings. The van der Waals surface area contributed by atoms with Crippen LogP contribution in [-0.2, 0) is 12.3 Å². The fourth-order valence-corrected chi connectivity index (χ4v) is 3.84. The Balaban J connectivity index is 1.45. The van der Waals surface area contributed by atoms with Crippen molar-refractivity contribution in [2.75, 3.05) is 11.1 Å². The topological polar surface area (TPSA) is 120 Å². The number of rotatable bonds is 7. The maximum Gasteiger partial charge on any atom is 0.232 e. The van der Waals surface area contributed by atoms with E-state index in [0.717, 1.165) is 5.69 Å². The van der Waals surface area contributed by atoms with Crippen LogP contribution in [0.4, 0.5) is 17.6 Å². The monoisotopic (exact) mass is 431 g/mol. The molecule has 0 saturated heterocycles. The summed E-state index contributed by atoms with van der Waals surface area (Å²) in [7, 11) is 0. The molecule has 3 aromatic heterocycles. The number of nitrogens with two attached hydrogens (primary N) is 1. The van der Waals surface area contributed by atoms with Crippen LogP contribution in [0.25, 0.3) is 0 Å². The highest BCUT2D eigenvalue weighted by atomic mass is 35.5. The molecule has 4 rings (SSSR count). The summed E-state index contributed by atoms with van der Waals surface area (Å²) in [6, 6.07) is 11.3. The lowest BCUT2D eigenvalue weighted by molar-refractivity contribution is 0.608. The van der Waals surface area contributed by atoms with E-state index in [1.165, 1.54) is 16.6 Å². The first-order valence-corrected chi connectivity index (χ1v) is 10.3. The van der Waals surface area contributed by atoms with Gasteiger partial charge >= 0.3 is 0 Å². The highest BCUT2D eigenvalue weighted by Gasteiger charge is 2.11. The Morgan fingerprint density at radius 3 is 2.79 bits per heavy atom. The largest absolute Gasteiger partial charge is 0.368 e. The predicted molar refractivity (Wildman–Crippen MR) is 110 cm³/mol. The van der Waals surface area contributed by atoms with E-state index >= 15 is 0 Å². The third kappa shape index (κ3) is 4.74. The van der Waals surface area contributed by atoms with E-state index in [4.69, 9.17) is 17.3 Å². The van der Waals surface area contributed by atoms with Gasteiger partial charge in [-0.2, -0.15) is 15.0 Å². The van der Waals surface area contributed by atoms with Crippen molar-refractivity contribution in [3.63, 3.8) is 0 Å². The Morgan fingerprint density at radius 2 is 2.00 bits per heavy atom. The van der Waals surface area contributed by atoms with Crippen LogP contribution in [0.15, 0.2) is 46.9 Å². The van der Waals surface area contributed by atoms with Gasteiger partial charge in [0.25, 0.3) is 0 Å². The molecule has 0 radical (unpaired) electrons. The second-order valence-corrected chi connectivity index (χ2v) is 7.96. The van der Waals surface area contributed by atoms with Crippen LogP contribution < -0.4 is 11.1 Å². The summed E-state index contributed by atoms with van der Waals surface area (Å²) < 4.78 is 1.74. The van der Waals surface area contributed by atoms with E-state index in [-0.39, 0.29) is 5.95 Å². The Kier molecular flexibility index (Phi) is 5.65. The van der Waals surface area contributed by atoms with Crippen molar-refractivity contribution in [1.29, 1.82) is 0 Å². The third-order valence-corrected chi connectivity index (χ3v) is 5.58. The van der Waals surface area contributed by atoms with Gasteiger partial charge in [-0.1, -0.05) is 29.4 Å². The van der Waals surface area contributed by atoms with Crippen LogP contribution in [0.1, 0.15) is 10.7 Å². The van der Waals surface area contributed by atoms with E-state index in [2.05, 4.69) is 35.8 Å². The minimum Gasteiger partial charge on any atom is -0.368 e. The normalized spacial score (nSPS) is 10.9. The summed E-state index contributed by atoms with van der Waals surface area (Å²) in [6.07, 6.45) is 0. The zero-order valence-electron chi connectivity index (χ0n) is 14.4. The van der Waals surface area contributed by atoms with Gasteiger partial charge in [0.2, 0.25) is 17.1 Å². The van der Waals surface area contributed by atoms with Crippen molar-refractivity contribution in [3.05, 3.63) is 57.5 Å². The second-order valence-electron chi connectivity index (χ2n) is 5.55. The molecule has 0 aliphatic heterocycles. The summed E-state index contributed by atoms with van der Waals surface area (Å²) in [6.45, 7) is 0.621. The van der Waals surface area contributed by atoms with Gasteiger partial charge in [0.15, 0.2) is 0 Å². The molecule has 0 atom stereocenters. The highest BCUT2D eigenvalue weighted by molar-refractivity contribution is 7.98. The maximum atomic E-state index is 5.90. The zero-order chi connectivity index (χ0) is 19.3. The Bertz CT molecular complexity index is 1050. The molecule has 0 saturated carbocycles. The lowest BCUT2D eigenvalue weighted by atomic mass is 10.3. The number of nitrogen functional groups attached to an aromatic ring is 1. The number of benzene rings is 1. The van der Waals surface area contributed by atoms with Crippen molar-refractivity contribution in [2.24, 2.45) is 0 Å². The number of anilines is 3. The summed E-state index contributed by atoms with van der Waals surface area (Å²) in [5.74, 6) is 1.48. The van der Waals surface area contributed by atoms with Gasteiger partial charge in [-0.05, 0) is 46.1 Å². The molecular formula is C16H14ClN9S2. The molecule has 1 aromatic carbocycles. The molecule has 12 heteroatoms. The van der Waals surface area contributed by atoms with E-state index < -0.39 is 0 Å². The van der Waals surface area contributed by atoms with Crippen LogP contribution in [0, 0.1) is 0 Å². The number of thioether (sulfide) groups is 1. The summed E-state index contributed by atoms with van der Waals surface area (Å²) in [5, 5.41) is 18.3. The molecule has 0 amide bonds. The van der Waals surface area contributed by atoms with Crippen LogP contribution >= 0.6 is 34.7 Å². The third-order valence-electron chi connectivity index (χ3n) is 3.51. The Labute approximate surface area is 173 Å². The molecule has 3 N–H and O–H groups in total. The zero-order valence-corrected chi connectivity index (χ0v) is 16.7. The van der Waals surface area contributed by atoms with Crippen molar-refractivity contribution >= 4 is 52.3 Å². The average molecular weight is 432 g/mol. The first kappa shape index (κ1) is 18.6. The number of hydrogen-bond acceptors (Lipinski definition) is 10. The fourth-order valence-electron chi connectivity index (χ4n) is 2.30. The number of nitrogens with one attached hydrogen (secondary N) is 1. The molecular weight excluding hydrogens is 418 g/mol. The second kappa shape index (κ2) is 8.50. The molecule has 142 valence electrons.